The normalized spacial score (nSPS) is 33.1. The molecule has 0 N–H and O–H groups in total. The number of carbonyl (C=O) groups is 1. The van der Waals surface area contributed by atoms with E-state index in [1.165, 1.54) is 77.0 Å². The van der Waals surface area contributed by atoms with Gasteiger partial charge in [-0.05, 0) is 103 Å². The van der Waals surface area contributed by atoms with Crippen LogP contribution in [-0.2, 0) is 9.53 Å². The number of hydrogen-bond donors (Lipinski definition) is 0. The van der Waals surface area contributed by atoms with E-state index in [1.54, 1.807) is 5.57 Å². The van der Waals surface area contributed by atoms with Gasteiger partial charge in [-0.2, -0.15) is 0 Å². The molecule has 3 saturated carbocycles. The van der Waals surface area contributed by atoms with Crippen LogP contribution in [0.2, 0.25) is 0 Å². The van der Waals surface area contributed by atoms with E-state index >= 15 is 0 Å². The quantitative estimate of drug-likeness (QED) is 0.0853. The van der Waals surface area contributed by atoms with Crippen molar-refractivity contribution >= 4 is 17.6 Å². The Morgan fingerprint density at radius 3 is 2.34 bits per heavy atom. The summed E-state index contributed by atoms with van der Waals surface area (Å²) >= 11 is 0. The summed E-state index contributed by atoms with van der Waals surface area (Å²) in [6.07, 6.45) is 24.5. The number of fused-ring (bicyclic) bond motifs is 5. The molecule has 0 spiro atoms. The standard InChI is InChI=1S/C42H56O2/c1-4-5-6-7-8-15-20-33-22-24-38-36-23-21-34-30-35(25-27-42(34,3)39(36)26-28-41(33,38)2)44-40(43)37(32-18-13-10-14-19-32)29-31-16-11-9-12-17-31/h9-14,16-19,21,29,33,35-36,38-39H,4-8,15,20,22-28,30H2,1-3H3/b37-29+/t33-,35+,36+,38-,39-,41-,42+/m1/s1. The van der Waals surface area contributed by atoms with Crippen molar-refractivity contribution in [3.63, 3.8) is 0 Å². The monoisotopic (exact) mass is 592 g/mol. The molecule has 0 unspecified atom stereocenters. The molecule has 0 aliphatic heterocycles. The van der Waals surface area contributed by atoms with Crippen molar-refractivity contribution in [3.8, 4) is 0 Å². The molecule has 4 aliphatic carbocycles. The Kier molecular flexibility index (Phi) is 9.84. The van der Waals surface area contributed by atoms with Crippen LogP contribution in [0, 0.1) is 34.5 Å². The van der Waals surface area contributed by atoms with E-state index in [1.807, 2.05) is 66.7 Å². The first-order valence-corrected chi connectivity index (χ1v) is 18.1. The number of hydrogen-bond acceptors (Lipinski definition) is 2. The topological polar surface area (TPSA) is 26.3 Å². The summed E-state index contributed by atoms with van der Waals surface area (Å²) in [5, 5.41) is 0. The number of unbranched alkanes of at least 4 members (excludes halogenated alkanes) is 5. The summed E-state index contributed by atoms with van der Waals surface area (Å²) in [6, 6.07) is 20.1. The maximum Gasteiger partial charge on any atom is 0.339 e. The van der Waals surface area contributed by atoms with Crippen LogP contribution in [0.1, 0.15) is 128 Å². The number of esters is 1. The summed E-state index contributed by atoms with van der Waals surface area (Å²) in [5.74, 6) is 3.28. The maximum absolute atomic E-state index is 13.7. The van der Waals surface area contributed by atoms with Crippen molar-refractivity contribution in [3.05, 3.63) is 83.4 Å². The third-order valence-electron chi connectivity index (χ3n) is 12.9. The molecule has 0 aromatic heterocycles. The molecule has 236 valence electrons. The van der Waals surface area contributed by atoms with Crippen LogP contribution in [0.25, 0.3) is 11.6 Å². The fourth-order valence-corrected chi connectivity index (χ4v) is 10.3. The molecule has 6 rings (SSSR count). The van der Waals surface area contributed by atoms with Gasteiger partial charge in [-0.1, -0.05) is 132 Å². The van der Waals surface area contributed by atoms with Crippen molar-refractivity contribution in [1.29, 1.82) is 0 Å². The van der Waals surface area contributed by atoms with Crippen LogP contribution in [0.5, 0.6) is 0 Å². The molecule has 2 nitrogen and oxygen atoms in total. The number of benzene rings is 2. The molecule has 44 heavy (non-hydrogen) atoms. The van der Waals surface area contributed by atoms with Crippen molar-refractivity contribution in [2.45, 2.75) is 123 Å². The average molecular weight is 593 g/mol. The molecule has 0 saturated heterocycles. The zero-order valence-electron chi connectivity index (χ0n) is 27.7. The first-order valence-electron chi connectivity index (χ1n) is 18.1. The number of allylic oxidation sites excluding steroid dienone is 1. The van der Waals surface area contributed by atoms with E-state index in [4.69, 9.17) is 4.74 Å². The summed E-state index contributed by atoms with van der Waals surface area (Å²) in [7, 11) is 0. The second-order valence-electron chi connectivity index (χ2n) is 15.2. The van der Waals surface area contributed by atoms with Gasteiger partial charge in [0.1, 0.15) is 6.10 Å². The Balaban J connectivity index is 1.11. The van der Waals surface area contributed by atoms with Crippen LogP contribution < -0.4 is 0 Å². The molecule has 2 aromatic rings. The third kappa shape index (κ3) is 6.38. The zero-order valence-corrected chi connectivity index (χ0v) is 27.7. The SMILES string of the molecule is CCCCCCCC[C@@H]1CC[C@@H]2[C@@H]3CC=C4C[C@@H](OC(=O)/C(=C/c5ccccc5)c5ccccc5)CC[C@]4(C)[C@@H]3CC[C@]12C. The van der Waals surface area contributed by atoms with Gasteiger partial charge in [0.05, 0.1) is 5.57 Å². The first-order chi connectivity index (χ1) is 21.4. The van der Waals surface area contributed by atoms with Crippen molar-refractivity contribution in [2.24, 2.45) is 34.5 Å². The molecule has 0 amide bonds. The molecular weight excluding hydrogens is 536 g/mol. The largest absolute Gasteiger partial charge is 0.458 e. The van der Waals surface area contributed by atoms with E-state index < -0.39 is 0 Å². The number of ether oxygens (including phenoxy) is 1. The lowest BCUT2D eigenvalue weighted by Gasteiger charge is -2.58. The molecule has 2 heteroatoms. The van der Waals surface area contributed by atoms with E-state index in [0.717, 1.165) is 54.1 Å². The minimum atomic E-state index is -0.196. The van der Waals surface area contributed by atoms with Crippen LogP contribution in [0.3, 0.4) is 0 Å². The van der Waals surface area contributed by atoms with Crippen molar-refractivity contribution in [1.82, 2.24) is 0 Å². The number of carbonyl (C=O) groups excluding carboxylic acids is 1. The van der Waals surface area contributed by atoms with E-state index in [0.29, 0.717) is 11.0 Å². The van der Waals surface area contributed by atoms with E-state index in [2.05, 4.69) is 26.8 Å². The lowest BCUT2D eigenvalue weighted by molar-refractivity contribution is -0.144. The van der Waals surface area contributed by atoms with Gasteiger partial charge >= 0.3 is 5.97 Å². The van der Waals surface area contributed by atoms with Gasteiger partial charge in [0.25, 0.3) is 0 Å². The van der Waals surface area contributed by atoms with Gasteiger partial charge < -0.3 is 4.74 Å². The van der Waals surface area contributed by atoms with Crippen LogP contribution >= 0.6 is 0 Å². The molecule has 3 fully saturated rings. The lowest BCUT2D eigenvalue weighted by Crippen LogP contribution is -2.50. The average Bonchev–Trinajstić information content (AvgIpc) is 3.38. The third-order valence-corrected chi connectivity index (χ3v) is 12.9. The van der Waals surface area contributed by atoms with Crippen LogP contribution in [-0.4, -0.2) is 12.1 Å². The summed E-state index contributed by atoms with van der Waals surface area (Å²) in [6.45, 7) is 7.57. The molecule has 0 heterocycles. The molecule has 2 aromatic carbocycles. The highest BCUT2D eigenvalue weighted by atomic mass is 16.5. The fourth-order valence-electron chi connectivity index (χ4n) is 10.3. The second kappa shape index (κ2) is 13.8. The summed E-state index contributed by atoms with van der Waals surface area (Å²) < 4.78 is 6.33. The van der Waals surface area contributed by atoms with Gasteiger partial charge in [-0.25, -0.2) is 4.79 Å². The van der Waals surface area contributed by atoms with Crippen LogP contribution in [0.15, 0.2) is 72.3 Å². The minimum absolute atomic E-state index is 0.0386. The van der Waals surface area contributed by atoms with Crippen LogP contribution in [0.4, 0.5) is 0 Å². The number of rotatable bonds is 11. The predicted molar refractivity (Wildman–Crippen MR) is 184 cm³/mol. The Bertz CT molecular complexity index is 1310. The molecule has 4 aliphatic rings. The highest BCUT2D eigenvalue weighted by Crippen LogP contribution is 2.66. The molecule has 0 bridgehead atoms. The van der Waals surface area contributed by atoms with Crippen molar-refractivity contribution in [2.75, 3.05) is 0 Å². The lowest BCUT2D eigenvalue weighted by atomic mass is 9.47. The van der Waals surface area contributed by atoms with Gasteiger partial charge in [0, 0.05) is 6.42 Å². The van der Waals surface area contributed by atoms with Crippen molar-refractivity contribution < 1.29 is 9.53 Å². The minimum Gasteiger partial charge on any atom is -0.458 e. The summed E-state index contributed by atoms with van der Waals surface area (Å²) in [4.78, 5) is 13.7. The maximum atomic E-state index is 13.7. The van der Waals surface area contributed by atoms with Gasteiger partial charge in [-0.15, -0.1) is 0 Å². The first kappa shape index (κ1) is 31.4. The highest BCUT2D eigenvalue weighted by molar-refractivity contribution is 6.21. The molecule has 7 atom stereocenters. The summed E-state index contributed by atoms with van der Waals surface area (Å²) in [5.41, 5.74) is 4.99. The van der Waals surface area contributed by atoms with Gasteiger partial charge in [0.15, 0.2) is 0 Å². The smallest absolute Gasteiger partial charge is 0.339 e. The predicted octanol–water partition coefficient (Wildman–Crippen LogP) is 11.5. The fraction of sp³-hybridized carbons (Fsp3) is 0.595. The van der Waals surface area contributed by atoms with E-state index in [9.17, 15) is 4.79 Å². The van der Waals surface area contributed by atoms with Gasteiger partial charge in [-0.3, -0.25) is 0 Å². The second-order valence-corrected chi connectivity index (χ2v) is 15.2. The Labute approximate surface area is 267 Å². The Morgan fingerprint density at radius 1 is 0.841 bits per heavy atom. The highest BCUT2D eigenvalue weighted by Gasteiger charge is 2.58. The zero-order chi connectivity index (χ0) is 30.6. The Morgan fingerprint density at radius 2 is 1.57 bits per heavy atom. The molecular formula is C42H56O2. The molecule has 0 radical (unpaired) electrons. The van der Waals surface area contributed by atoms with E-state index in [-0.39, 0.29) is 17.5 Å². The van der Waals surface area contributed by atoms with Gasteiger partial charge in [0.2, 0.25) is 0 Å². The Hall–Kier alpha value is -2.61.